The van der Waals surface area contributed by atoms with E-state index in [0.29, 0.717) is 6.32 Å². The fourth-order valence-electron chi connectivity index (χ4n) is 0.869. The summed E-state index contributed by atoms with van der Waals surface area (Å²) in [6.07, 6.45) is 0.556. The fourth-order valence-corrected chi connectivity index (χ4v) is 1.07. The minimum absolute atomic E-state index is 0.556. The first-order valence-corrected chi connectivity index (χ1v) is 3.82. The molecule has 11 heavy (non-hydrogen) atoms. The predicted octanol–water partition coefficient (Wildman–Crippen LogP) is 1.76. The molecular formula is C8H9BClO. The lowest BCUT2D eigenvalue weighted by Gasteiger charge is -2.00. The Morgan fingerprint density at radius 2 is 2.27 bits per heavy atom. The van der Waals surface area contributed by atoms with Crippen LogP contribution in [0.2, 0.25) is 5.02 Å². The van der Waals surface area contributed by atoms with Crippen LogP contribution in [-0.4, -0.2) is 12.5 Å². The molecule has 0 heterocycles. The molecule has 0 fully saturated rings. The van der Waals surface area contributed by atoms with Gasteiger partial charge in [-0.3, -0.25) is 0 Å². The third kappa shape index (κ3) is 2.24. The van der Waals surface area contributed by atoms with Crippen molar-refractivity contribution in [2.75, 3.05) is 0 Å². The zero-order valence-electron chi connectivity index (χ0n) is 6.34. The lowest BCUT2D eigenvalue weighted by molar-refractivity contribution is 0.600. The number of halogens is 1. The van der Waals surface area contributed by atoms with Crippen LogP contribution in [0.1, 0.15) is 11.1 Å². The molecule has 0 saturated carbocycles. The summed E-state index contributed by atoms with van der Waals surface area (Å²) in [5, 5.41) is 9.27. The molecule has 1 aromatic carbocycles. The van der Waals surface area contributed by atoms with Crippen LogP contribution in [0.25, 0.3) is 0 Å². The predicted molar refractivity (Wildman–Crippen MR) is 47.9 cm³/mol. The van der Waals surface area contributed by atoms with Crippen LogP contribution in [0.4, 0.5) is 0 Å². The van der Waals surface area contributed by atoms with Crippen LogP contribution in [0, 0.1) is 6.92 Å². The quantitative estimate of drug-likeness (QED) is 0.666. The van der Waals surface area contributed by atoms with Gasteiger partial charge < -0.3 is 5.02 Å². The molecule has 0 spiro atoms. The van der Waals surface area contributed by atoms with Crippen molar-refractivity contribution in [1.82, 2.24) is 0 Å². The first kappa shape index (κ1) is 8.63. The Labute approximate surface area is 72.3 Å². The summed E-state index contributed by atoms with van der Waals surface area (Å²) in [5.41, 5.74) is 2.09. The number of hydrogen-bond acceptors (Lipinski definition) is 1. The zero-order chi connectivity index (χ0) is 8.27. The summed E-state index contributed by atoms with van der Waals surface area (Å²) in [7, 11) is 1.13. The van der Waals surface area contributed by atoms with Crippen molar-refractivity contribution in [3.63, 3.8) is 0 Å². The third-order valence-electron chi connectivity index (χ3n) is 1.56. The van der Waals surface area contributed by atoms with Crippen molar-refractivity contribution in [3.05, 3.63) is 34.3 Å². The Hall–Kier alpha value is -0.465. The van der Waals surface area contributed by atoms with E-state index in [1.165, 1.54) is 0 Å². The maximum Gasteiger partial charge on any atom is 0.291 e. The summed E-state index contributed by atoms with van der Waals surface area (Å²) >= 11 is 5.85. The van der Waals surface area contributed by atoms with Gasteiger partial charge in [-0.05, 0) is 24.9 Å². The number of rotatable bonds is 2. The second kappa shape index (κ2) is 3.79. The van der Waals surface area contributed by atoms with Crippen LogP contribution in [-0.2, 0) is 6.32 Å². The van der Waals surface area contributed by atoms with Gasteiger partial charge in [0.25, 0.3) is 7.48 Å². The van der Waals surface area contributed by atoms with E-state index >= 15 is 0 Å². The molecule has 0 bridgehead atoms. The summed E-state index contributed by atoms with van der Waals surface area (Å²) < 4.78 is 0. The van der Waals surface area contributed by atoms with Crippen molar-refractivity contribution in [3.8, 4) is 0 Å². The summed E-state index contributed by atoms with van der Waals surface area (Å²) in [5.74, 6) is 0. The average Bonchev–Trinajstić information content (AvgIpc) is 1.98. The maximum atomic E-state index is 8.51. The smallest absolute Gasteiger partial charge is 0.291 e. The molecule has 0 aromatic heterocycles. The van der Waals surface area contributed by atoms with E-state index in [0.717, 1.165) is 23.6 Å². The van der Waals surface area contributed by atoms with Gasteiger partial charge in [0.15, 0.2) is 0 Å². The molecule has 0 aliphatic rings. The van der Waals surface area contributed by atoms with Gasteiger partial charge in [-0.25, -0.2) is 0 Å². The Morgan fingerprint density at radius 3 is 2.82 bits per heavy atom. The largest absolute Gasteiger partial charge is 0.454 e. The summed E-state index contributed by atoms with van der Waals surface area (Å²) in [6.45, 7) is 1.95. The van der Waals surface area contributed by atoms with Gasteiger partial charge in [0.2, 0.25) is 0 Å². The SMILES string of the molecule is Cc1ccc(C[B]O)cc1Cl. The number of hydrogen-bond donors (Lipinski definition) is 1. The summed E-state index contributed by atoms with van der Waals surface area (Å²) in [4.78, 5) is 0. The van der Waals surface area contributed by atoms with E-state index in [1.54, 1.807) is 0 Å². The van der Waals surface area contributed by atoms with E-state index in [4.69, 9.17) is 16.6 Å². The molecule has 0 amide bonds. The molecule has 0 unspecified atom stereocenters. The Morgan fingerprint density at radius 1 is 1.55 bits per heavy atom. The van der Waals surface area contributed by atoms with E-state index in [2.05, 4.69) is 0 Å². The number of aryl methyl sites for hydroxylation is 1. The minimum atomic E-state index is 0.556. The van der Waals surface area contributed by atoms with Crippen LogP contribution < -0.4 is 0 Å². The molecule has 3 heteroatoms. The molecule has 0 aliphatic heterocycles. The van der Waals surface area contributed by atoms with Crippen molar-refractivity contribution >= 4 is 19.1 Å². The van der Waals surface area contributed by atoms with Crippen molar-refractivity contribution < 1.29 is 5.02 Å². The normalized spacial score (nSPS) is 9.73. The van der Waals surface area contributed by atoms with Crippen LogP contribution in [0.15, 0.2) is 18.2 Å². The highest BCUT2D eigenvalue weighted by molar-refractivity contribution is 6.31. The first-order valence-electron chi connectivity index (χ1n) is 3.45. The van der Waals surface area contributed by atoms with Crippen LogP contribution in [0.3, 0.4) is 0 Å². The molecule has 1 aromatic rings. The van der Waals surface area contributed by atoms with Gasteiger partial charge in [0.05, 0.1) is 0 Å². The van der Waals surface area contributed by atoms with Gasteiger partial charge in [-0.15, -0.1) is 0 Å². The average molecular weight is 167 g/mol. The van der Waals surface area contributed by atoms with Gasteiger partial charge in [0.1, 0.15) is 0 Å². The summed E-state index contributed by atoms with van der Waals surface area (Å²) in [6, 6.07) is 5.76. The van der Waals surface area contributed by atoms with Crippen LogP contribution >= 0.6 is 11.6 Å². The Kier molecular flexibility index (Phi) is 2.97. The molecule has 1 radical (unpaired) electrons. The highest BCUT2D eigenvalue weighted by Gasteiger charge is 1.97. The molecule has 1 nitrogen and oxygen atoms in total. The zero-order valence-corrected chi connectivity index (χ0v) is 7.10. The van der Waals surface area contributed by atoms with E-state index in [-0.39, 0.29) is 0 Å². The van der Waals surface area contributed by atoms with Gasteiger partial charge in [-0.1, -0.05) is 29.3 Å². The van der Waals surface area contributed by atoms with Gasteiger partial charge >= 0.3 is 0 Å². The van der Waals surface area contributed by atoms with E-state index in [1.807, 2.05) is 25.1 Å². The fraction of sp³-hybridized carbons (Fsp3) is 0.250. The van der Waals surface area contributed by atoms with Gasteiger partial charge in [-0.2, -0.15) is 0 Å². The van der Waals surface area contributed by atoms with Crippen molar-refractivity contribution in [2.45, 2.75) is 13.2 Å². The standard InChI is InChI=1S/C8H9BClO/c1-6-2-3-7(5-9-11)4-8(6)10/h2-4,11H,5H2,1H3. The van der Waals surface area contributed by atoms with E-state index in [9.17, 15) is 0 Å². The second-order valence-corrected chi connectivity index (χ2v) is 2.88. The lowest BCUT2D eigenvalue weighted by atomic mass is 9.90. The number of benzene rings is 1. The third-order valence-corrected chi connectivity index (χ3v) is 1.97. The first-order chi connectivity index (χ1) is 5.24. The topological polar surface area (TPSA) is 20.2 Å². The van der Waals surface area contributed by atoms with Crippen LogP contribution in [0.5, 0.6) is 0 Å². The Balaban J connectivity index is 2.86. The molecule has 1 rings (SSSR count). The highest BCUT2D eigenvalue weighted by Crippen LogP contribution is 2.16. The minimum Gasteiger partial charge on any atom is -0.454 e. The van der Waals surface area contributed by atoms with Gasteiger partial charge in [0, 0.05) is 5.02 Å². The molecule has 0 aliphatic carbocycles. The maximum absolute atomic E-state index is 8.51. The van der Waals surface area contributed by atoms with E-state index < -0.39 is 0 Å². The highest BCUT2D eigenvalue weighted by atomic mass is 35.5. The monoisotopic (exact) mass is 167 g/mol. The second-order valence-electron chi connectivity index (χ2n) is 2.47. The molecule has 0 saturated heterocycles. The van der Waals surface area contributed by atoms with Crippen molar-refractivity contribution in [1.29, 1.82) is 0 Å². The molecule has 0 atom stereocenters. The van der Waals surface area contributed by atoms with Crippen molar-refractivity contribution in [2.24, 2.45) is 0 Å². The Bertz CT molecular complexity index is 250. The molecule has 57 valence electrons. The molecule has 1 N–H and O–H groups in total. The lowest BCUT2D eigenvalue weighted by Crippen LogP contribution is -1.94. The molecular weight excluding hydrogens is 158 g/mol.